The average molecular weight is 721 g/mol. The Labute approximate surface area is 267 Å². The molecule has 0 saturated carbocycles. The van der Waals surface area contributed by atoms with Crippen molar-refractivity contribution >= 4 is 60.9 Å². The Morgan fingerprint density at radius 3 is 2.68 bits per heavy atom. The first-order valence-corrected chi connectivity index (χ1v) is 17.7. The number of nitrogens with two attached hydrogens (primary N) is 2. The molecule has 8 N–H and O–H groups in total. The molecule has 7 heterocycles. The first kappa shape index (κ1) is 32.5. The van der Waals surface area contributed by atoms with Gasteiger partial charge in [0.15, 0.2) is 41.3 Å². The molecule has 3 fully saturated rings. The van der Waals surface area contributed by atoms with Gasteiger partial charge in [-0.3, -0.25) is 28.0 Å². The second kappa shape index (κ2) is 12.1. The van der Waals surface area contributed by atoms with Gasteiger partial charge in [-0.25, -0.2) is 24.3 Å². The number of fused-ring (bicyclic) bond motifs is 4. The van der Waals surface area contributed by atoms with Gasteiger partial charge >= 0.3 is 15.0 Å². The molecule has 3 aliphatic heterocycles. The highest BCUT2D eigenvalue weighted by Gasteiger charge is 2.64. The van der Waals surface area contributed by atoms with Crippen LogP contribution in [0.4, 0.5) is 16.2 Å². The van der Waals surface area contributed by atoms with Crippen molar-refractivity contribution in [1.82, 2.24) is 39.0 Å². The minimum absolute atomic E-state index is 0.0643. The number of aliphatic hydroxyl groups is 1. The summed E-state index contributed by atoms with van der Waals surface area (Å²) in [6.45, 7) is -5.64. The molecule has 4 aromatic heterocycles. The number of rotatable bonds is 11. The molecule has 4 aromatic rings. The lowest BCUT2D eigenvalue weighted by Crippen LogP contribution is -2.45. The Morgan fingerprint density at radius 2 is 1.94 bits per heavy atom. The van der Waals surface area contributed by atoms with Gasteiger partial charge in [-0.15, -0.1) is 0 Å². The number of nitrogens with one attached hydrogen (secondary N) is 1. The number of nitrogen functional groups attached to an aromatic ring is 2. The molecule has 0 spiro atoms. The van der Waals surface area contributed by atoms with Crippen LogP contribution < -0.4 is 17.0 Å². The van der Waals surface area contributed by atoms with Crippen molar-refractivity contribution < 1.29 is 51.6 Å². The fourth-order valence-corrected chi connectivity index (χ4v) is 7.95. The SMILES string of the molecule is Nc1nc2c(ncn2[C@@H]2O[C@H](CCO)[C@H](F)[C@H]2OP(O)(=S)OC[C@@]23CO[C@@H]([C@H](n4cnc5c(N)ncnc54)O2)[C@@H]3O[PH](=O)O)c(=O)[nH]1. The van der Waals surface area contributed by atoms with E-state index in [1.807, 2.05) is 0 Å². The van der Waals surface area contributed by atoms with Crippen LogP contribution in [0.25, 0.3) is 22.3 Å². The van der Waals surface area contributed by atoms with E-state index < -0.39 is 82.4 Å². The number of nitrogens with zero attached hydrogens (tertiary/aromatic N) is 7. The van der Waals surface area contributed by atoms with E-state index in [1.54, 1.807) is 0 Å². The lowest BCUT2D eigenvalue weighted by Gasteiger charge is -2.33. The van der Waals surface area contributed by atoms with Crippen molar-refractivity contribution in [1.29, 1.82) is 0 Å². The Hall–Kier alpha value is -3.05. The number of alkyl halides is 1. The molecule has 21 nitrogen and oxygen atoms in total. The summed E-state index contributed by atoms with van der Waals surface area (Å²) in [5.41, 5.74) is 9.70. The van der Waals surface area contributed by atoms with Gasteiger partial charge in [-0.2, -0.15) is 4.98 Å². The van der Waals surface area contributed by atoms with E-state index in [0.29, 0.717) is 0 Å². The zero-order valence-electron chi connectivity index (χ0n) is 23.7. The molecular weight excluding hydrogens is 693 g/mol. The Morgan fingerprint density at radius 1 is 1.19 bits per heavy atom. The molecule has 10 atom stereocenters. The number of hydrogen-bond acceptors (Lipinski definition) is 17. The van der Waals surface area contributed by atoms with E-state index in [4.69, 9.17) is 51.1 Å². The van der Waals surface area contributed by atoms with Crippen molar-refractivity contribution in [2.75, 3.05) is 31.3 Å². The molecule has 2 unspecified atom stereocenters. The number of hydrogen-bond donors (Lipinski definition) is 6. The van der Waals surface area contributed by atoms with Crippen molar-refractivity contribution in [3.63, 3.8) is 0 Å². The molecule has 0 aliphatic carbocycles. The van der Waals surface area contributed by atoms with Crippen LogP contribution in [-0.2, 0) is 44.2 Å². The Kier molecular flexibility index (Phi) is 8.38. The topological polar surface area (TPSA) is 292 Å². The van der Waals surface area contributed by atoms with Crippen LogP contribution in [0.15, 0.2) is 23.8 Å². The van der Waals surface area contributed by atoms with Gasteiger partial charge in [0.25, 0.3) is 5.56 Å². The summed E-state index contributed by atoms with van der Waals surface area (Å²) < 4.78 is 64.9. The van der Waals surface area contributed by atoms with Crippen LogP contribution in [0.3, 0.4) is 0 Å². The van der Waals surface area contributed by atoms with E-state index in [-0.39, 0.29) is 47.1 Å². The molecule has 0 radical (unpaired) electrons. The van der Waals surface area contributed by atoms with Crippen LogP contribution in [0.5, 0.6) is 0 Å². The van der Waals surface area contributed by atoms with Gasteiger partial charge < -0.3 is 49.6 Å². The van der Waals surface area contributed by atoms with E-state index in [1.165, 1.54) is 21.8 Å². The monoisotopic (exact) mass is 720 g/mol. The largest absolute Gasteiger partial charge is 0.396 e. The predicted octanol–water partition coefficient (Wildman–Crippen LogP) is -1.21. The summed E-state index contributed by atoms with van der Waals surface area (Å²) in [4.78, 5) is 55.9. The number of aromatic amines is 1. The highest BCUT2D eigenvalue weighted by molar-refractivity contribution is 8.07. The second-order valence-electron chi connectivity index (χ2n) is 10.8. The third kappa shape index (κ3) is 5.65. The molecule has 7 rings (SSSR count). The number of halogens is 1. The van der Waals surface area contributed by atoms with Crippen LogP contribution in [0.1, 0.15) is 18.9 Å². The van der Waals surface area contributed by atoms with E-state index in [0.717, 1.165) is 6.33 Å². The number of imidazole rings is 2. The summed E-state index contributed by atoms with van der Waals surface area (Å²) in [6.07, 6.45) is -5.77. The third-order valence-corrected chi connectivity index (χ3v) is 9.99. The van der Waals surface area contributed by atoms with Crippen LogP contribution in [0, 0.1) is 0 Å². The highest BCUT2D eigenvalue weighted by atomic mass is 32.5. The second-order valence-corrected chi connectivity index (χ2v) is 14.4. The van der Waals surface area contributed by atoms with Gasteiger partial charge in [0, 0.05) is 6.61 Å². The molecule has 0 aromatic carbocycles. The summed E-state index contributed by atoms with van der Waals surface area (Å²) in [6, 6.07) is 0. The molecule has 3 aliphatic rings. The molecule has 0 amide bonds. The van der Waals surface area contributed by atoms with Gasteiger partial charge in [-0.05, 0) is 18.2 Å². The summed E-state index contributed by atoms with van der Waals surface area (Å²) in [7, 11) is -3.55. The maximum Gasteiger partial charge on any atom is 0.325 e. The standard InChI is InChI=1S/C22H27FN10O11P2S/c23-9-8(1-2-34)41-19(33-7-29-11-17(33)30-21(25)31-18(11)35)12(9)44-46(38,47)40-4-22-3-39-13(14(22)43-45(36)37)20(42-22)32-6-28-10-15(24)26-5-27-16(10)32/h5-9,12-14,19-20,34,45H,1-4H2,(H,36,37)(H,38,47)(H2,24,26,27)(H3,25,30,31,35)/t8-,9+,12-,13-,14+,19-,20-,22-,46?/m1/s1. The van der Waals surface area contributed by atoms with Crippen molar-refractivity contribution in [2.45, 2.75) is 55.1 Å². The van der Waals surface area contributed by atoms with E-state index >= 15 is 4.39 Å². The zero-order chi connectivity index (χ0) is 33.2. The quantitative estimate of drug-likeness (QED) is 0.0991. The lowest BCUT2D eigenvalue weighted by atomic mass is 10.0. The molecular formula is C22H27FN10O11P2S. The zero-order valence-corrected chi connectivity index (χ0v) is 26.4. The van der Waals surface area contributed by atoms with Gasteiger partial charge in [0.1, 0.15) is 35.8 Å². The molecule has 2 bridgehead atoms. The number of aromatic nitrogens is 8. The van der Waals surface area contributed by atoms with Gasteiger partial charge in [-0.1, -0.05) is 0 Å². The third-order valence-electron chi connectivity index (χ3n) is 7.99. The smallest absolute Gasteiger partial charge is 0.325 e. The lowest BCUT2D eigenvalue weighted by molar-refractivity contribution is -0.183. The molecule has 3 saturated heterocycles. The number of aliphatic hydroxyl groups excluding tert-OH is 1. The first-order chi connectivity index (χ1) is 22.4. The number of ether oxygens (including phenoxy) is 3. The molecule has 25 heteroatoms. The van der Waals surface area contributed by atoms with Crippen molar-refractivity contribution in [3.8, 4) is 0 Å². The Balaban J connectivity index is 1.15. The normalized spacial score (nSPS) is 32.4. The maximum atomic E-state index is 15.8. The van der Waals surface area contributed by atoms with Crippen molar-refractivity contribution in [3.05, 3.63) is 29.3 Å². The fourth-order valence-electron chi connectivity index (χ4n) is 5.95. The van der Waals surface area contributed by atoms with Gasteiger partial charge in [0.05, 0.1) is 32.0 Å². The van der Waals surface area contributed by atoms with Crippen LogP contribution in [-0.4, -0.2) is 110 Å². The minimum atomic E-state index is -4.39. The minimum Gasteiger partial charge on any atom is -0.396 e. The highest BCUT2D eigenvalue weighted by Crippen LogP contribution is 2.55. The average Bonchev–Trinajstić information content (AvgIpc) is 3.82. The van der Waals surface area contributed by atoms with Gasteiger partial charge in [0.2, 0.25) is 5.95 Å². The number of H-pyrrole nitrogens is 1. The van der Waals surface area contributed by atoms with E-state index in [2.05, 4.69) is 29.9 Å². The first-order valence-electron chi connectivity index (χ1n) is 13.8. The van der Waals surface area contributed by atoms with Crippen molar-refractivity contribution in [2.24, 2.45) is 0 Å². The van der Waals surface area contributed by atoms with E-state index in [9.17, 15) is 24.3 Å². The predicted molar refractivity (Wildman–Crippen MR) is 159 cm³/mol. The van der Waals surface area contributed by atoms with Crippen LogP contribution >= 0.6 is 15.0 Å². The number of anilines is 2. The summed E-state index contributed by atoms with van der Waals surface area (Å²) in [5, 5.41) is 9.48. The molecule has 254 valence electrons. The van der Waals surface area contributed by atoms with Crippen LogP contribution in [0.2, 0.25) is 0 Å². The Bertz CT molecular complexity index is 1970. The fraction of sp³-hybridized carbons (Fsp3) is 0.545. The summed E-state index contributed by atoms with van der Waals surface area (Å²) in [5.74, 6) is -0.134. The maximum absolute atomic E-state index is 15.8. The molecule has 47 heavy (non-hydrogen) atoms. The summed E-state index contributed by atoms with van der Waals surface area (Å²) >= 11 is 5.26.